The van der Waals surface area contributed by atoms with Crippen molar-refractivity contribution in [3.05, 3.63) is 118 Å². The van der Waals surface area contributed by atoms with Gasteiger partial charge in [0.25, 0.3) is 10.0 Å². The molecule has 0 saturated carbocycles. The maximum Gasteiger partial charge on any atom is 0.343 e. The molecule has 0 fully saturated rings. The summed E-state index contributed by atoms with van der Waals surface area (Å²) in [5.41, 5.74) is 0.353. The Bertz CT molecular complexity index is 1640. The van der Waals surface area contributed by atoms with Crippen LogP contribution in [-0.2, 0) is 14.8 Å². The van der Waals surface area contributed by atoms with Crippen LogP contribution < -0.4 is 0 Å². The zero-order valence-electron chi connectivity index (χ0n) is 18.4. The average Bonchev–Trinajstić information content (AvgIpc) is 2.87. The smallest absolute Gasteiger partial charge is 0.343 e. The minimum atomic E-state index is -4.06. The lowest BCUT2D eigenvalue weighted by Crippen LogP contribution is -2.36. The van der Waals surface area contributed by atoms with E-state index in [-0.39, 0.29) is 33.0 Å². The second-order valence-electron chi connectivity index (χ2n) is 7.93. The van der Waals surface area contributed by atoms with E-state index in [4.69, 9.17) is 16.3 Å². The lowest BCUT2D eigenvalue weighted by molar-refractivity contribution is 0.0686. The van der Waals surface area contributed by atoms with Crippen molar-refractivity contribution in [1.29, 1.82) is 0 Å². The Morgan fingerprint density at radius 2 is 1.43 bits per heavy atom. The fourth-order valence-electron chi connectivity index (χ4n) is 3.97. The molecule has 174 valence electrons. The third-order valence-electron chi connectivity index (χ3n) is 5.80. The predicted octanol–water partition coefficient (Wildman–Crippen LogP) is 5.54. The van der Waals surface area contributed by atoms with Crippen LogP contribution in [0.3, 0.4) is 0 Å². The number of fused-ring (bicyclic) bond motifs is 2. The topological polar surface area (TPSA) is 80.8 Å². The molecule has 5 rings (SSSR count). The summed E-state index contributed by atoms with van der Waals surface area (Å²) in [6.45, 7) is 0. The normalized spacial score (nSPS) is 14.5. The van der Waals surface area contributed by atoms with Crippen LogP contribution in [0.4, 0.5) is 0 Å². The summed E-state index contributed by atoms with van der Waals surface area (Å²) >= 11 is 5.92. The van der Waals surface area contributed by atoms with Crippen LogP contribution in [0.1, 0.15) is 26.3 Å². The standard InChI is InChI=1S/C27H18ClNO5S/c1-29-24(25(30)20-11-10-17-6-2-3-7-19(17)16-20)26(22-8-4-5-9-23(22)35(29,32)33)34-27(31)18-12-14-21(28)15-13-18/h2-16H,1H3. The molecule has 1 heterocycles. The summed E-state index contributed by atoms with van der Waals surface area (Å²) in [5.74, 6) is -1.46. The van der Waals surface area contributed by atoms with E-state index in [1.165, 1.54) is 31.3 Å². The van der Waals surface area contributed by atoms with Gasteiger partial charge in [0.05, 0.1) is 10.5 Å². The molecule has 1 aliphatic heterocycles. The van der Waals surface area contributed by atoms with Crippen molar-refractivity contribution in [1.82, 2.24) is 4.31 Å². The number of nitrogens with zero attached hydrogens (tertiary/aromatic N) is 1. The van der Waals surface area contributed by atoms with Gasteiger partial charge in [-0.25, -0.2) is 13.2 Å². The first kappa shape index (κ1) is 22.8. The van der Waals surface area contributed by atoms with Gasteiger partial charge in [-0.3, -0.25) is 9.10 Å². The van der Waals surface area contributed by atoms with Gasteiger partial charge in [-0.05, 0) is 53.2 Å². The third kappa shape index (κ3) is 3.99. The Balaban J connectivity index is 1.69. The molecule has 0 radical (unpaired) electrons. The number of halogens is 1. The van der Waals surface area contributed by atoms with Crippen molar-refractivity contribution in [3.8, 4) is 0 Å². The Morgan fingerprint density at radius 1 is 0.800 bits per heavy atom. The summed E-state index contributed by atoms with van der Waals surface area (Å²) < 4.78 is 33.2. The Kier molecular flexibility index (Phi) is 5.67. The summed E-state index contributed by atoms with van der Waals surface area (Å²) in [7, 11) is -2.79. The van der Waals surface area contributed by atoms with E-state index in [1.54, 1.807) is 42.5 Å². The van der Waals surface area contributed by atoms with Crippen LogP contribution in [0.2, 0.25) is 5.02 Å². The molecule has 1 aliphatic rings. The maximum atomic E-state index is 13.8. The van der Waals surface area contributed by atoms with Gasteiger partial charge < -0.3 is 4.74 Å². The minimum Gasteiger partial charge on any atom is -0.420 e. The largest absolute Gasteiger partial charge is 0.420 e. The highest BCUT2D eigenvalue weighted by atomic mass is 35.5. The van der Waals surface area contributed by atoms with Gasteiger partial charge >= 0.3 is 5.97 Å². The van der Waals surface area contributed by atoms with Crippen LogP contribution >= 0.6 is 11.6 Å². The van der Waals surface area contributed by atoms with E-state index in [9.17, 15) is 18.0 Å². The minimum absolute atomic E-state index is 0.0588. The van der Waals surface area contributed by atoms with Crippen molar-refractivity contribution >= 4 is 49.9 Å². The average molecular weight is 504 g/mol. The number of ketones is 1. The van der Waals surface area contributed by atoms with Crippen molar-refractivity contribution in [2.24, 2.45) is 0 Å². The SMILES string of the molecule is CN1C(C(=O)c2ccc3ccccc3c2)=C(OC(=O)c2ccc(Cl)cc2)c2ccccc2S1(=O)=O. The van der Waals surface area contributed by atoms with Gasteiger partial charge in [-0.15, -0.1) is 0 Å². The maximum absolute atomic E-state index is 13.8. The summed E-state index contributed by atoms with van der Waals surface area (Å²) in [4.78, 5) is 26.7. The number of hydrogen-bond acceptors (Lipinski definition) is 5. The Labute approximate surface area is 207 Å². The fraction of sp³-hybridized carbons (Fsp3) is 0.0370. The Hall–Kier alpha value is -3.94. The number of carbonyl (C=O) groups excluding carboxylic acids is 2. The van der Waals surface area contributed by atoms with E-state index in [0.29, 0.717) is 5.02 Å². The van der Waals surface area contributed by atoms with E-state index < -0.39 is 21.8 Å². The molecule has 0 aliphatic carbocycles. The van der Waals surface area contributed by atoms with Gasteiger partial charge in [0.2, 0.25) is 5.78 Å². The molecule has 6 nitrogen and oxygen atoms in total. The van der Waals surface area contributed by atoms with Gasteiger partial charge in [0.1, 0.15) is 5.70 Å². The zero-order chi connectivity index (χ0) is 24.7. The van der Waals surface area contributed by atoms with Crippen LogP contribution in [0.15, 0.2) is 102 Å². The monoisotopic (exact) mass is 503 g/mol. The Morgan fingerprint density at radius 3 is 2.17 bits per heavy atom. The van der Waals surface area contributed by atoms with Crippen LogP contribution in [-0.4, -0.2) is 31.5 Å². The highest BCUT2D eigenvalue weighted by molar-refractivity contribution is 7.89. The zero-order valence-corrected chi connectivity index (χ0v) is 20.0. The number of allylic oxidation sites excluding steroid dienone is 1. The molecule has 0 spiro atoms. The van der Waals surface area contributed by atoms with Gasteiger partial charge in [0.15, 0.2) is 5.76 Å². The first-order chi connectivity index (χ1) is 16.8. The second-order valence-corrected chi connectivity index (χ2v) is 10.3. The molecule has 0 saturated heterocycles. The first-order valence-corrected chi connectivity index (χ1v) is 12.4. The number of rotatable bonds is 4. The molecular formula is C27H18ClNO5S. The predicted molar refractivity (Wildman–Crippen MR) is 133 cm³/mol. The summed E-state index contributed by atoms with van der Waals surface area (Å²) in [6, 6.07) is 24.8. The second kappa shape index (κ2) is 8.69. The third-order valence-corrected chi connectivity index (χ3v) is 7.87. The number of ether oxygens (including phenoxy) is 1. The molecule has 4 aromatic carbocycles. The number of benzene rings is 4. The quantitative estimate of drug-likeness (QED) is 0.270. The molecule has 0 aromatic heterocycles. The number of likely N-dealkylation sites (N-methyl/N-ethyl adjacent to an activating group) is 1. The van der Waals surface area contributed by atoms with Gasteiger partial charge in [-0.2, -0.15) is 0 Å². The molecule has 4 aromatic rings. The van der Waals surface area contributed by atoms with Crippen LogP contribution in [0.5, 0.6) is 0 Å². The number of Topliss-reactive ketones (excluding diaryl/α,β-unsaturated/α-hetero) is 1. The van der Waals surface area contributed by atoms with Gasteiger partial charge in [0, 0.05) is 23.2 Å². The number of sulfonamides is 1. The number of hydrogen-bond donors (Lipinski definition) is 0. The number of carbonyl (C=O) groups is 2. The molecular weight excluding hydrogens is 486 g/mol. The molecule has 0 atom stereocenters. The first-order valence-electron chi connectivity index (χ1n) is 10.6. The van der Waals surface area contributed by atoms with Crippen LogP contribution in [0.25, 0.3) is 16.5 Å². The molecule has 0 amide bonds. The lowest BCUT2D eigenvalue weighted by Gasteiger charge is -2.30. The number of esters is 1. The highest BCUT2D eigenvalue weighted by Gasteiger charge is 2.39. The fourth-order valence-corrected chi connectivity index (χ4v) is 5.49. The molecule has 0 N–H and O–H groups in total. The van der Waals surface area contributed by atoms with Crippen molar-refractivity contribution in [2.75, 3.05) is 7.05 Å². The molecule has 0 bridgehead atoms. The van der Waals surface area contributed by atoms with E-state index in [0.717, 1.165) is 15.1 Å². The van der Waals surface area contributed by atoms with E-state index in [1.807, 2.05) is 24.3 Å². The van der Waals surface area contributed by atoms with Crippen LogP contribution in [0, 0.1) is 0 Å². The lowest BCUT2D eigenvalue weighted by atomic mass is 10.0. The van der Waals surface area contributed by atoms with Crippen molar-refractivity contribution in [2.45, 2.75) is 4.90 Å². The van der Waals surface area contributed by atoms with Crippen molar-refractivity contribution in [3.63, 3.8) is 0 Å². The van der Waals surface area contributed by atoms with E-state index >= 15 is 0 Å². The molecule has 35 heavy (non-hydrogen) atoms. The highest BCUT2D eigenvalue weighted by Crippen LogP contribution is 2.38. The molecule has 8 heteroatoms. The summed E-state index contributed by atoms with van der Waals surface area (Å²) in [6.07, 6.45) is 0. The van der Waals surface area contributed by atoms with E-state index in [2.05, 4.69) is 0 Å². The van der Waals surface area contributed by atoms with Gasteiger partial charge in [-0.1, -0.05) is 60.1 Å². The summed E-state index contributed by atoms with van der Waals surface area (Å²) in [5, 5.41) is 2.20. The van der Waals surface area contributed by atoms with Crippen molar-refractivity contribution < 1.29 is 22.7 Å². The molecule has 0 unspecified atom stereocenters.